The van der Waals surface area contributed by atoms with E-state index in [9.17, 15) is 14.0 Å². The molecular formula is C22H20FN3O2. The summed E-state index contributed by atoms with van der Waals surface area (Å²) in [6.45, 7) is -0.0759. The number of fused-ring (bicyclic) bond motifs is 2. The monoisotopic (exact) mass is 377 g/mol. The van der Waals surface area contributed by atoms with Crippen LogP contribution in [0.4, 0.5) is 4.39 Å². The summed E-state index contributed by atoms with van der Waals surface area (Å²) in [5.74, 6) is -0.568. The van der Waals surface area contributed by atoms with Crippen molar-refractivity contribution in [2.75, 3.05) is 0 Å². The van der Waals surface area contributed by atoms with E-state index in [0.29, 0.717) is 5.52 Å². The van der Waals surface area contributed by atoms with Crippen LogP contribution in [0, 0.1) is 5.82 Å². The van der Waals surface area contributed by atoms with Gasteiger partial charge in [-0.15, -0.1) is 0 Å². The zero-order valence-electron chi connectivity index (χ0n) is 15.3. The van der Waals surface area contributed by atoms with Gasteiger partial charge in [-0.2, -0.15) is 0 Å². The third-order valence-corrected chi connectivity index (χ3v) is 5.76. The van der Waals surface area contributed by atoms with E-state index in [1.54, 1.807) is 0 Å². The lowest BCUT2D eigenvalue weighted by atomic mass is 10.1. The molecule has 0 N–H and O–H groups in total. The van der Waals surface area contributed by atoms with Crippen molar-refractivity contribution in [2.45, 2.75) is 44.3 Å². The van der Waals surface area contributed by atoms with Gasteiger partial charge in [-0.1, -0.05) is 24.3 Å². The number of rotatable bonds is 4. The molecule has 1 saturated carbocycles. The highest BCUT2D eigenvalue weighted by Crippen LogP contribution is 2.41. The summed E-state index contributed by atoms with van der Waals surface area (Å²) in [6, 6.07) is 12.5. The number of aromatic nitrogens is 2. The Labute approximate surface area is 161 Å². The molecular weight excluding hydrogens is 357 g/mol. The molecule has 2 aliphatic carbocycles. The fourth-order valence-corrected chi connectivity index (χ4v) is 4.28. The maximum atomic E-state index is 13.5. The predicted octanol–water partition coefficient (Wildman–Crippen LogP) is 3.21. The molecule has 5 rings (SSSR count). The smallest absolute Gasteiger partial charge is 0.261 e. The molecule has 1 heterocycles. The third-order valence-electron chi connectivity index (χ3n) is 5.76. The number of benzene rings is 2. The maximum Gasteiger partial charge on any atom is 0.261 e. The highest BCUT2D eigenvalue weighted by atomic mass is 19.1. The van der Waals surface area contributed by atoms with Crippen molar-refractivity contribution in [2.24, 2.45) is 0 Å². The average molecular weight is 377 g/mol. The second-order valence-electron chi connectivity index (χ2n) is 7.62. The zero-order chi connectivity index (χ0) is 19.3. The lowest BCUT2D eigenvalue weighted by molar-refractivity contribution is -0.135. The molecule has 1 unspecified atom stereocenters. The van der Waals surface area contributed by atoms with E-state index >= 15 is 0 Å². The van der Waals surface area contributed by atoms with Gasteiger partial charge in [0.05, 0.1) is 23.3 Å². The van der Waals surface area contributed by atoms with E-state index in [0.717, 1.165) is 25.7 Å². The van der Waals surface area contributed by atoms with Crippen LogP contribution >= 0.6 is 0 Å². The van der Waals surface area contributed by atoms with Gasteiger partial charge in [0.1, 0.15) is 12.4 Å². The Bertz CT molecular complexity index is 1140. The van der Waals surface area contributed by atoms with Crippen LogP contribution < -0.4 is 5.56 Å². The molecule has 3 aromatic rings. The zero-order valence-corrected chi connectivity index (χ0v) is 15.3. The van der Waals surface area contributed by atoms with Crippen LogP contribution in [0.25, 0.3) is 10.9 Å². The summed E-state index contributed by atoms with van der Waals surface area (Å²) < 4.78 is 14.8. The van der Waals surface area contributed by atoms with Crippen molar-refractivity contribution in [1.29, 1.82) is 0 Å². The van der Waals surface area contributed by atoms with Crippen LogP contribution in [0.2, 0.25) is 0 Å². The topological polar surface area (TPSA) is 55.2 Å². The second kappa shape index (κ2) is 6.55. The molecule has 0 bridgehead atoms. The number of nitrogens with zero attached hydrogens (tertiary/aromatic N) is 3. The minimum atomic E-state index is -0.488. The SMILES string of the molecule is O=C(Cn1cnc2ccc(F)cc2c1=O)N(C1CC1)C1CCc2ccccc21. The highest BCUT2D eigenvalue weighted by Gasteiger charge is 2.40. The summed E-state index contributed by atoms with van der Waals surface area (Å²) >= 11 is 0. The quantitative estimate of drug-likeness (QED) is 0.702. The first-order valence-corrected chi connectivity index (χ1v) is 9.65. The Morgan fingerprint density at radius 3 is 2.82 bits per heavy atom. The number of amides is 1. The summed E-state index contributed by atoms with van der Waals surface area (Å²) in [6.07, 6.45) is 5.26. The Kier molecular flexibility index (Phi) is 4.00. The van der Waals surface area contributed by atoms with E-state index < -0.39 is 5.82 Å². The molecule has 142 valence electrons. The highest BCUT2D eigenvalue weighted by molar-refractivity contribution is 5.79. The van der Waals surface area contributed by atoms with Gasteiger partial charge >= 0.3 is 0 Å². The first kappa shape index (κ1) is 17.1. The number of carbonyl (C=O) groups excluding carboxylic acids is 1. The molecule has 1 atom stereocenters. The Morgan fingerprint density at radius 2 is 2.00 bits per heavy atom. The average Bonchev–Trinajstić information content (AvgIpc) is 3.44. The lowest BCUT2D eigenvalue weighted by Gasteiger charge is -2.30. The summed E-state index contributed by atoms with van der Waals surface area (Å²) in [5, 5.41) is 0.194. The summed E-state index contributed by atoms with van der Waals surface area (Å²) in [7, 11) is 0. The molecule has 2 aromatic carbocycles. The van der Waals surface area contributed by atoms with Gasteiger partial charge in [0.15, 0.2) is 0 Å². The van der Waals surface area contributed by atoms with Crippen molar-refractivity contribution >= 4 is 16.8 Å². The van der Waals surface area contributed by atoms with E-state index in [-0.39, 0.29) is 35.5 Å². The number of hydrogen-bond donors (Lipinski definition) is 0. The van der Waals surface area contributed by atoms with Gasteiger partial charge in [0.2, 0.25) is 5.91 Å². The van der Waals surface area contributed by atoms with E-state index in [1.165, 1.54) is 40.2 Å². The molecule has 28 heavy (non-hydrogen) atoms. The normalized spacial score (nSPS) is 18.2. The van der Waals surface area contributed by atoms with Crippen LogP contribution in [0.15, 0.2) is 53.6 Å². The molecule has 1 fully saturated rings. The van der Waals surface area contributed by atoms with Gasteiger partial charge in [0.25, 0.3) is 5.56 Å². The van der Waals surface area contributed by atoms with Gasteiger partial charge in [-0.25, -0.2) is 9.37 Å². The fourth-order valence-electron chi connectivity index (χ4n) is 4.28. The van der Waals surface area contributed by atoms with Crippen molar-refractivity contribution in [1.82, 2.24) is 14.5 Å². The van der Waals surface area contributed by atoms with Crippen LogP contribution in [0.3, 0.4) is 0 Å². The minimum absolute atomic E-state index is 0.0674. The number of aryl methyl sites for hydroxylation is 1. The van der Waals surface area contributed by atoms with E-state index in [2.05, 4.69) is 17.1 Å². The molecule has 0 radical (unpaired) electrons. The molecule has 1 amide bonds. The molecule has 2 aliphatic rings. The van der Waals surface area contributed by atoms with Crippen LogP contribution in [-0.4, -0.2) is 26.4 Å². The molecule has 1 aromatic heterocycles. The summed E-state index contributed by atoms with van der Waals surface area (Å²) in [4.78, 5) is 32.1. The first-order chi connectivity index (χ1) is 13.6. The minimum Gasteiger partial charge on any atom is -0.331 e. The predicted molar refractivity (Wildman–Crippen MR) is 103 cm³/mol. The lowest BCUT2D eigenvalue weighted by Crippen LogP contribution is -2.40. The van der Waals surface area contributed by atoms with Crippen molar-refractivity contribution in [3.8, 4) is 0 Å². The largest absolute Gasteiger partial charge is 0.331 e. The van der Waals surface area contributed by atoms with Gasteiger partial charge in [-0.05, 0) is 55.0 Å². The molecule has 0 saturated heterocycles. The van der Waals surface area contributed by atoms with Gasteiger partial charge in [-0.3, -0.25) is 14.2 Å². The number of halogens is 1. The third kappa shape index (κ3) is 2.89. The van der Waals surface area contributed by atoms with E-state index in [4.69, 9.17) is 0 Å². The first-order valence-electron chi connectivity index (χ1n) is 9.65. The fraction of sp³-hybridized carbons (Fsp3) is 0.318. The number of hydrogen-bond acceptors (Lipinski definition) is 3. The van der Waals surface area contributed by atoms with Gasteiger partial charge in [0, 0.05) is 6.04 Å². The van der Waals surface area contributed by atoms with Crippen LogP contribution in [0.5, 0.6) is 0 Å². The maximum absolute atomic E-state index is 13.5. The Morgan fingerprint density at radius 1 is 1.18 bits per heavy atom. The molecule has 6 heteroatoms. The van der Waals surface area contributed by atoms with Crippen molar-refractivity contribution in [3.05, 3.63) is 76.1 Å². The molecule has 0 spiro atoms. The standard InChI is InChI=1S/C22H20FN3O2/c23-15-6-9-19-18(11-15)22(28)25(13-24-19)12-21(27)26(16-7-8-16)20-10-5-14-3-1-2-4-17(14)20/h1-4,6,9,11,13,16,20H,5,7-8,10,12H2. The van der Waals surface area contributed by atoms with Crippen molar-refractivity contribution in [3.63, 3.8) is 0 Å². The van der Waals surface area contributed by atoms with Crippen LogP contribution in [-0.2, 0) is 17.8 Å². The van der Waals surface area contributed by atoms with E-state index in [1.807, 2.05) is 17.0 Å². The van der Waals surface area contributed by atoms with Crippen LogP contribution in [0.1, 0.15) is 36.4 Å². The molecule has 5 nitrogen and oxygen atoms in total. The summed E-state index contributed by atoms with van der Waals surface area (Å²) in [5.41, 5.74) is 2.55. The number of carbonyl (C=O) groups is 1. The molecule has 0 aliphatic heterocycles. The van der Waals surface area contributed by atoms with Gasteiger partial charge < -0.3 is 4.90 Å². The second-order valence-corrected chi connectivity index (χ2v) is 7.62. The Balaban J connectivity index is 1.46. The Hall–Kier alpha value is -3.02. The van der Waals surface area contributed by atoms with Crippen molar-refractivity contribution < 1.29 is 9.18 Å².